The first-order chi connectivity index (χ1) is 7.29. The second-order valence-electron chi connectivity index (χ2n) is 3.97. The van der Waals surface area contributed by atoms with Crippen LogP contribution in [0.2, 0.25) is 0 Å². The Bertz CT molecular complexity index is 327. The Hall–Kier alpha value is -1.06. The highest BCUT2D eigenvalue weighted by Crippen LogP contribution is 2.17. The van der Waals surface area contributed by atoms with E-state index in [9.17, 15) is 5.11 Å². The van der Waals surface area contributed by atoms with E-state index in [0.717, 1.165) is 25.1 Å². The number of aliphatic hydroxyl groups is 1. The van der Waals surface area contributed by atoms with Crippen LogP contribution in [-0.2, 0) is 6.42 Å². The van der Waals surface area contributed by atoms with Gasteiger partial charge in [-0.05, 0) is 37.1 Å². The predicted octanol–water partition coefficient (Wildman–Crippen LogP) is 0.960. The zero-order chi connectivity index (χ0) is 10.7. The maximum atomic E-state index is 9.68. The molecule has 0 saturated carbocycles. The maximum absolute atomic E-state index is 9.68. The van der Waals surface area contributed by atoms with Gasteiger partial charge in [-0.15, -0.1) is 0 Å². The highest BCUT2D eigenvalue weighted by atomic mass is 16.5. The summed E-state index contributed by atoms with van der Waals surface area (Å²) in [5.41, 5.74) is 1.20. The minimum atomic E-state index is -0.212. The molecule has 0 bridgehead atoms. The van der Waals surface area contributed by atoms with Crippen LogP contribution < -0.4 is 10.1 Å². The van der Waals surface area contributed by atoms with Gasteiger partial charge in [-0.3, -0.25) is 0 Å². The van der Waals surface area contributed by atoms with Crippen molar-refractivity contribution < 1.29 is 9.84 Å². The fourth-order valence-electron chi connectivity index (χ4n) is 2.02. The van der Waals surface area contributed by atoms with Crippen molar-refractivity contribution in [3.8, 4) is 5.75 Å². The molecule has 0 radical (unpaired) electrons. The van der Waals surface area contributed by atoms with Crippen LogP contribution in [0.3, 0.4) is 0 Å². The van der Waals surface area contributed by atoms with Crippen LogP contribution in [0.4, 0.5) is 0 Å². The Labute approximate surface area is 90.1 Å². The lowest BCUT2D eigenvalue weighted by Gasteiger charge is -2.14. The summed E-state index contributed by atoms with van der Waals surface area (Å²) in [6.07, 6.45) is 1.50. The van der Waals surface area contributed by atoms with E-state index in [0.29, 0.717) is 0 Å². The second-order valence-corrected chi connectivity index (χ2v) is 3.97. The van der Waals surface area contributed by atoms with Crippen molar-refractivity contribution in [2.45, 2.75) is 25.0 Å². The lowest BCUT2D eigenvalue weighted by atomic mass is 10.0. The molecular formula is C12H17NO2. The Morgan fingerprint density at radius 1 is 1.53 bits per heavy atom. The zero-order valence-electron chi connectivity index (χ0n) is 8.94. The van der Waals surface area contributed by atoms with E-state index < -0.39 is 0 Å². The van der Waals surface area contributed by atoms with Crippen LogP contribution in [0.15, 0.2) is 24.3 Å². The molecule has 0 aliphatic carbocycles. The highest BCUT2D eigenvalue weighted by molar-refractivity contribution is 5.29. The highest BCUT2D eigenvalue weighted by Gasteiger charge is 2.24. The summed E-state index contributed by atoms with van der Waals surface area (Å²) >= 11 is 0. The van der Waals surface area contributed by atoms with Gasteiger partial charge >= 0.3 is 0 Å². The minimum Gasteiger partial charge on any atom is -0.497 e. The molecule has 15 heavy (non-hydrogen) atoms. The van der Waals surface area contributed by atoms with Gasteiger partial charge in [0.1, 0.15) is 5.75 Å². The summed E-state index contributed by atoms with van der Waals surface area (Å²) in [6, 6.07) is 8.19. The molecule has 1 heterocycles. The first kappa shape index (κ1) is 10.5. The van der Waals surface area contributed by atoms with Gasteiger partial charge in [0.2, 0.25) is 0 Å². The van der Waals surface area contributed by atoms with E-state index in [1.165, 1.54) is 5.56 Å². The molecule has 1 fully saturated rings. The Morgan fingerprint density at radius 3 is 3.07 bits per heavy atom. The monoisotopic (exact) mass is 207 g/mol. The van der Waals surface area contributed by atoms with Gasteiger partial charge in [0, 0.05) is 6.04 Å². The second kappa shape index (κ2) is 4.64. The molecule has 0 spiro atoms. The van der Waals surface area contributed by atoms with Crippen molar-refractivity contribution in [3.05, 3.63) is 29.8 Å². The van der Waals surface area contributed by atoms with E-state index in [2.05, 4.69) is 11.4 Å². The molecule has 0 aromatic heterocycles. The molecule has 1 aliphatic heterocycles. The zero-order valence-corrected chi connectivity index (χ0v) is 8.94. The molecule has 82 valence electrons. The minimum absolute atomic E-state index is 0.192. The lowest BCUT2D eigenvalue weighted by Crippen LogP contribution is -2.32. The third kappa shape index (κ3) is 2.49. The van der Waals surface area contributed by atoms with Gasteiger partial charge in [-0.1, -0.05) is 12.1 Å². The summed E-state index contributed by atoms with van der Waals surface area (Å²) in [6.45, 7) is 0.913. The molecular weight excluding hydrogens is 190 g/mol. The van der Waals surface area contributed by atoms with Gasteiger partial charge in [-0.25, -0.2) is 0 Å². The number of rotatable bonds is 3. The number of benzene rings is 1. The molecule has 0 amide bonds. The molecule has 3 heteroatoms. The fourth-order valence-corrected chi connectivity index (χ4v) is 2.02. The van der Waals surface area contributed by atoms with Crippen molar-refractivity contribution in [2.24, 2.45) is 0 Å². The van der Waals surface area contributed by atoms with Gasteiger partial charge in [-0.2, -0.15) is 0 Å². The summed E-state index contributed by atoms with van der Waals surface area (Å²) in [7, 11) is 1.67. The number of ether oxygens (including phenoxy) is 1. The van der Waals surface area contributed by atoms with Crippen LogP contribution in [0.5, 0.6) is 5.75 Å². The first-order valence-corrected chi connectivity index (χ1v) is 5.34. The number of methoxy groups -OCH3 is 1. The lowest BCUT2D eigenvalue weighted by molar-refractivity contribution is 0.159. The summed E-state index contributed by atoms with van der Waals surface area (Å²) in [4.78, 5) is 0. The third-order valence-corrected chi connectivity index (χ3v) is 2.90. The quantitative estimate of drug-likeness (QED) is 0.775. The fraction of sp³-hybridized carbons (Fsp3) is 0.500. The third-order valence-electron chi connectivity index (χ3n) is 2.90. The normalized spacial score (nSPS) is 25.5. The summed E-state index contributed by atoms with van der Waals surface area (Å²) in [5, 5.41) is 13.0. The SMILES string of the molecule is COc1cccc(CC2NCCC2O)c1. The van der Waals surface area contributed by atoms with E-state index in [-0.39, 0.29) is 12.1 Å². The van der Waals surface area contributed by atoms with E-state index in [1.54, 1.807) is 7.11 Å². The molecule has 2 rings (SSSR count). The van der Waals surface area contributed by atoms with Crippen molar-refractivity contribution in [1.29, 1.82) is 0 Å². The molecule has 2 N–H and O–H groups in total. The van der Waals surface area contributed by atoms with Gasteiger partial charge < -0.3 is 15.2 Å². The Morgan fingerprint density at radius 2 is 2.40 bits per heavy atom. The van der Waals surface area contributed by atoms with E-state index in [1.807, 2.05) is 18.2 Å². The van der Waals surface area contributed by atoms with E-state index >= 15 is 0 Å². The van der Waals surface area contributed by atoms with Gasteiger partial charge in [0.05, 0.1) is 13.2 Å². The first-order valence-electron chi connectivity index (χ1n) is 5.34. The Balaban J connectivity index is 2.03. The van der Waals surface area contributed by atoms with Crippen LogP contribution in [0.1, 0.15) is 12.0 Å². The van der Waals surface area contributed by atoms with Crippen LogP contribution in [0.25, 0.3) is 0 Å². The van der Waals surface area contributed by atoms with Crippen molar-refractivity contribution in [3.63, 3.8) is 0 Å². The number of nitrogens with one attached hydrogen (secondary N) is 1. The van der Waals surface area contributed by atoms with Gasteiger partial charge in [0.15, 0.2) is 0 Å². The molecule has 2 unspecified atom stereocenters. The predicted molar refractivity (Wildman–Crippen MR) is 59.1 cm³/mol. The smallest absolute Gasteiger partial charge is 0.119 e. The summed E-state index contributed by atoms with van der Waals surface area (Å²) < 4.78 is 5.16. The number of aliphatic hydroxyl groups excluding tert-OH is 1. The standard InChI is InChI=1S/C12H17NO2/c1-15-10-4-2-3-9(7-10)8-11-12(14)5-6-13-11/h2-4,7,11-14H,5-6,8H2,1H3. The largest absolute Gasteiger partial charge is 0.497 e. The molecule has 2 atom stereocenters. The molecule has 1 aromatic carbocycles. The Kier molecular flexibility index (Phi) is 3.23. The number of hydrogen-bond donors (Lipinski definition) is 2. The molecule has 1 aromatic rings. The average Bonchev–Trinajstić information content (AvgIpc) is 2.65. The van der Waals surface area contributed by atoms with Crippen molar-refractivity contribution in [2.75, 3.05) is 13.7 Å². The summed E-state index contributed by atoms with van der Waals surface area (Å²) in [5.74, 6) is 0.875. The molecule has 3 nitrogen and oxygen atoms in total. The maximum Gasteiger partial charge on any atom is 0.119 e. The molecule has 1 saturated heterocycles. The molecule has 1 aliphatic rings. The van der Waals surface area contributed by atoms with Crippen molar-refractivity contribution >= 4 is 0 Å². The van der Waals surface area contributed by atoms with E-state index in [4.69, 9.17) is 4.74 Å². The van der Waals surface area contributed by atoms with Crippen LogP contribution >= 0.6 is 0 Å². The number of hydrogen-bond acceptors (Lipinski definition) is 3. The topological polar surface area (TPSA) is 41.5 Å². The van der Waals surface area contributed by atoms with Gasteiger partial charge in [0.25, 0.3) is 0 Å². The van der Waals surface area contributed by atoms with Crippen LogP contribution in [-0.4, -0.2) is 30.9 Å². The average molecular weight is 207 g/mol. The van der Waals surface area contributed by atoms with Crippen LogP contribution in [0, 0.1) is 0 Å². The van der Waals surface area contributed by atoms with Crippen molar-refractivity contribution in [1.82, 2.24) is 5.32 Å².